The lowest BCUT2D eigenvalue weighted by atomic mass is 10.1. The summed E-state index contributed by atoms with van der Waals surface area (Å²) in [6, 6.07) is 8.59. The van der Waals surface area contributed by atoms with Gasteiger partial charge in [-0.2, -0.15) is 8.42 Å². The van der Waals surface area contributed by atoms with Gasteiger partial charge in [-0.1, -0.05) is 80.1 Å². The van der Waals surface area contributed by atoms with Crippen LogP contribution in [0.25, 0.3) is 0 Å². The van der Waals surface area contributed by atoms with Crippen LogP contribution in [0.5, 0.6) is 0 Å². The molecule has 0 aliphatic rings. The van der Waals surface area contributed by atoms with E-state index in [1.165, 1.54) is 25.7 Å². The maximum atomic E-state index is 11.7. The van der Waals surface area contributed by atoms with Gasteiger partial charge in [0.2, 0.25) is 0 Å². The van der Waals surface area contributed by atoms with Gasteiger partial charge in [0, 0.05) is 6.42 Å². The Morgan fingerprint density at radius 1 is 0.957 bits per heavy atom. The zero-order valence-corrected chi connectivity index (χ0v) is 14.5. The second-order valence-corrected chi connectivity index (χ2v) is 7.12. The van der Waals surface area contributed by atoms with Gasteiger partial charge in [0.15, 0.2) is 0 Å². The maximum absolute atomic E-state index is 11.7. The van der Waals surface area contributed by atoms with Gasteiger partial charge in [-0.05, 0) is 12.0 Å². The van der Waals surface area contributed by atoms with E-state index < -0.39 is 16.1 Å². The molecule has 0 aromatic heterocycles. The quantitative estimate of drug-likeness (QED) is 0.324. The van der Waals surface area contributed by atoms with Crippen molar-refractivity contribution in [3.05, 3.63) is 35.9 Å². The molecule has 6 heteroatoms. The van der Waals surface area contributed by atoms with E-state index in [1.54, 1.807) is 30.3 Å². The summed E-state index contributed by atoms with van der Waals surface area (Å²) in [5.41, 5.74) is 0.579. The van der Waals surface area contributed by atoms with Crippen LogP contribution in [0.4, 0.5) is 0 Å². The van der Waals surface area contributed by atoms with Gasteiger partial charge in [0.25, 0.3) is 0 Å². The van der Waals surface area contributed by atoms with Crippen molar-refractivity contribution >= 4 is 16.1 Å². The molecule has 0 atom stereocenters. The van der Waals surface area contributed by atoms with Crippen molar-refractivity contribution in [1.82, 2.24) is 0 Å². The van der Waals surface area contributed by atoms with Crippen LogP contribution in [0.15, 0.2) is 30.3 Å². The lowest BCUT2D eigenvalue weighted by Gasteiger charge is -2.05. The molecule has 0 heterocycles. The normalized spacial score (nSPS) is 11.3. The zero-order valence-electron chi connectivity index (χ0n) is 13.7. The molecule has 23 heavy (non-hydrogen) atoms. The van der Waals surface area contributed by atoms with Crippen LogP contribution in [-0.2, 0) is 29.9 Å². The number of carbonyl (C=O) groups is 1. The average molecular weight is 342 g/mol. The third kappa shape index (κ3) is 10.1. The predicted octanol–water partition coefficient (Wildman–Crippen LogP) is 4.13. The third-order valence-corrected chi connectivity index (χ3v) is 4.36. The predicted molar refractivity (Wildman–Crippen MR) is 88.9 cm³/mol. The molecule has 1 rings (SSSR count). The molecule has 0 radical (unpaired) electrons. The molecule has 0 fully saturated rings. The molecule has 0 amide bonds. The number of hydrogen-bond donors (Lipinski definition) is 0. The summed E-state index contributed by atoms with van der Waals surface area (Å²) in [6.07, 6.45) is 7.74. The number of unbranched alkanes of at least 4 members (excludes halogenated alkanes) is 6. The van der Waals surface area contributed by atoms with Crippen molar-refractivity contribution in [2.75, 3.05) is 0 Å². The summed E-state index contributed by atoms with van der Waals surface area (Å²) in [6.45, 7) is 2.17. The fourth-order valence-electron chi connectivity index (χ4n) is 2.16. The Morgan fingerprint density at radius 2 is 1.57 bits per heavy atom. The lowest BCUT2D eigenvalue weighted by molar-refractivity contribution is -0.211. The number of benzene rings is 1. The number of rotatable bonds is 12. The first-order valence-electron chi connectivity index (χ1n) is 8.19. The second kappa shape index (κ2) is 11.2. The Morgan fingerprint density at radius 3 is 2.22 bits per heavy atom. The first-order chi connectivity index (χ1) is 11.0. The summed E-state index contributed by atoms with van der Waals surface area (Å²) in [4.78, 5) is 15.9. The van der Waals surface area contributed by atoms with Gasteiger partial charge in [-0.25, -0.2) is 4.79 Å². The summed E-state index contributed by atoms with van der Waals surface area (Å²) in [5, 5.41) is 0. The molecule has 0 saturated heterocycles. The van der Waals surface area contributed by atoms with Gasteiger partial charge in [-0.15, -0.1) is 0 Å². The van der Waals surface area contributed by atoms with Gasteiger partial charge in [0.05, 0.1) is 0 Å². The van der Waals surface area contributed by atoms with Crippen molar-refractivity contribution in [3.8, 4) is 0 Å². The highest BCUT2D eigenvalue weighted by Gasteiger charge is 2.16. The molecule has 0 aliphatic heterocycles. The van der Waals surface area contributed by atoms with E-state index in [4.69, 9.17) is 0 Å². The zero-order chi connectivity index (χ0) is 17.0. The van der Waals surface area contributed by atoms with Gasteiger partial charge >= 0.3 is 16.1 Å². The van der Waals surface area contributed by atoms with Gasteiger partial charge in [0.1, 0.15) is 5.75 Å². The minimum absolute atomic E-state index is 0.175. The molecule has 0 saturated carbocycles. The molecule has 0 N–H and O–H groups in total. The Bertz CT molecular complexity index is 539. The minimum atomic E-state index is -3.92. The maximum Gasteiger partial charge on any atom is 0.343 e. The highest BCUT2D eigenvalue weighted by molar-refractivity contribution is 7.85. The van der Waals surface area contributed by atoms with Crippen LogP contribution in [0, 0.1) is 0 Å². The van der Waals surface area contributed by atoms with Crippen LogP contribution in [0.3, 0.4) is 0 Å². The molecule has 0 spiro atoms. The van der Waals surface area contributed by atoms with E-state index >= 15 is 0 Å². The standard InChI is InChI=1S/C17H26O5S/c1-2-3-4-5-6-7-11-14-17(18)21-22-23(19,20)15-16-12-9-8-10-13-16/h8-10,12-13H,2-7,11,14-15H2,1H3. The average Bonchev–Trinajstić information content (AvgIpc) is 2.53. The van der Waals surface area contributed by atoms with E-state index in [-0.39, 0.29) is 12.2 Å². The van der Waals surface area contributed by atoms with Crippen LogP contribution < -0.4 is 0 Å². The van der Waals surface area contributed by atoms with Gasteiger partial charge < -0.3 is 0 Å². The third-order valence-electron chi connectivity index (χ3n) is 3.40. The number of hydrogen-bond acceptors (Lipinski definition) is 5. The molecular weight excluding hydrogens is 316 g/mol. The van der Waals surface area contributed by atoms with E-state index in [9.17, 15) is 13.2 Å². The second-order valence-electron chi connectivity index (χ2n) is 5.58. The molecule has 1 aromatic carbocycles. The van der Waals surface area contributed by atoms with E-state index in [0.717, 1.165) is 12.8 Å². The SMILES string of the molecule is CCCCCCCCCC(=O)OOS(=O)(=O)Cc1ccccc1. The van der Waals surface area contributed by atoms with Crippen molar-refractivity contribution in [2.24, 2.45) is 0 Å². The van der Waals surface area contributed by atoms with Crippen molar-refractivity contribution in [3.63, 3.8) is 0 Å². The van der Waals surface area contributed by atoms with E-state index in [1.807, 2.05) is 0 Å². The molecule has 1 aromatic rings. The van der Waals surface area contributed by atoms with Crippen LogP contribution >= 0.6 is 0 Å². The van der Waals surface area contributed by atoms with Crippen LogP contribution in [0.2, 0.25) is 0 Å². The summed E-state index contributed by atoms with van der Waals surface area (Å²) >= 11 is 0. The van der Waals surface area contributed by atoms with E-state index in [2.05, 4.69) is 16.1 Å². The summed E-state index contributed by atoms with van der Waals surface area (Å²) in [7, 11) is -3.92. The van der Waals surface area contributed by atoms with E-state index in [0.29, 0.717) is 12.0 Å². The highest BCUT2D eigenvalue weighted by Crippen LogP contribution is 2.11. The fourth-order valence-corrected chi connectivity index (χ4v) is 2.99. The van der Waals surface area contributed by atoms with Crippen molar-refractivity contribution in [1.29, 1.82) is 0 Å². The molecule has 0 unspecified atom stereocenters. The van der Waals surface area contributed by atoms with Crippen LogP contribution in [0.1, 0.15) is 63.9 Å². The smallest absolute Gasteiger partial charge is 0.281 e. The Balaban J connectivity index is 2.15. The largest absolute Gasteiger partial charge is 0.343 e. The fraction of sp³-hybridized carbons (Fsp3) is 0.588. The van der Waals surface area contributed by atoms with Crippen LogP contribution in [-0.4, -0.2) is 14.4 Å². The van der Waals surface area contributed by atoms with Crippen molar-refractivity contribution < 1.29 is 22.4 Å². The summed E-state index contributed by atoms with van der Waals surface area (Å²) < 4.78 is 27.7. The monoisotopic (exact) mass is 342 g/mol. The van der Waals surface area contributed by atoms with Crippen molar-refractivity contribution in [2.45, 2.75) is 64.0 Å². The molecule has 0 bridgehead atoms. The Hall–Kier alpha value is -1.40. The lowest BCUT2D eigenvalue weighted by Crippen LogP contribution is -2.13. The first kappa shape index (κ1) is 19.6. The molecular formula is C17H26O5S. The van der Waals surface area contributed by atoms with Gasteiger partial charge in [-0.3, -0.25) is 4.89 Å². The molecule has 130 valence electrons. The Kier molecular flexibility index (Phi) is 9.55. The Labute approximate surface area is 139 Å². The number of carbonyl (C=O) groups excluding carboxylic acids is 1. The molecule has 5 nitrogen and oxygen atoms in total. The first-order valence-corrected chi connectivity index (χ1v) is 9.77. The minimum Gasteiger partial charge on any atom is -0.281 e. The highest BCUT2D eigenvalue weighted by atomic mass is 32.2. The summed E-state index contributed by atoms with van der Waals surface area (Å²) in [5.74, 6) is -0.964. The topological polar surface area (TPSA) is 69.7 Å². The molecule has 0 aliphatic carbocycles.